The highest BCUT2D eigenvalue weighted by Crippen LogP contribution is 2.03. The molecule has 2 aromatic rings. The Hall–Kier alpha value is -1.78. The lowest BCUT2D eigenvalue weighted by Gasteiger charge is -1.85. The van der Waals surface area contributed by atoms with Gasteiger partial charge in [-0.05, 0) is 12.1 Å². The molecule has 0 aliphatic rings. The number of nitrogens with zero attached hydrogens (tertiary/aromatic N) is 4. The van der Waals surface area contributed by atoms with Gasteiger partial charge in [0.05, 0.1) is 0 Å². The first kappa shape index (κ1) is 5.96. The van der Waals surface area contributed by atoms with Gasteiger partial charge in [0.1, 0.15) is 5.52 Å². The van der Waals surface area contributed by atoms with Crippen LogP contribution in [0.2, 0.25) is 0 Å². The first-order chi connectivity index (χ1) is 5.42. The van der Waals surface area contributed by atoms with Crippen molar-refractivity contribution in [2.24, 2.45) is 0 Å². The maximum Gasteiger partial charge on any atom is 0.236 e. The molecule has 5 nitrogen and oxygen atoms in total. The SMILES string of the molecule is O=Cn1nnc2ncccc21. The smallest absolute Gasteiger partial charge is 0.236 e. The normalized spacial score (nSPS) is 10.2. The zero-order valence-electron chi connectivity index (χ0n) is 5.51. The van der Waals surface area contributed by atoms with Crippen LogP contribution in [0.4, 0.5) is 0 Å². The van der Waals surface area contributed by atoms with E-state index < -0.39 is 0 Å². The van der Waals surface area contributed by atoms with E-state index in [-0.39, 0.29) is 0 Å². The fourth-order valence-electron chi connectivity index (χ4n) is 0.861. The van der Waals surface area contributed by atoms with Gasteiger partial charge < -0.3 is 0 Å². The van der Waals surface area contributed by atoms with Gasteiger partial charge in [-0.15, -0.1) is 5.10 Å². The van der Waals surface area contributed by atoms with Crippen molar-refractivity contribution in [2.45, 2.75) is 0 Å². The molecule has 0 saturated carbocycles. The van der Waals surface area contributed by atoms with Crippen LogP contribution in [0.15, 0.2) is 18.3 Å². The summed E-state index contributed by atoms with van der Waals surface area (Å²) in [5.74, 6) is 0. The summed E-state index contributed by atoms with van der Waals surface area (Å²) in [5, 5.41) is 7.21. The number of rotatable bonds is 1. The summed E-state index contributed by atoms with van der Waals surface area (Å²) in [7, 11) is 0. The molecule has 0 amide bonds. The molecule has 0 atom stereocenters. The average Bonchev–Trinajstić information content (AvgIpc) is 2.47. The lowest BCUT2D eigenvalue weighted by molar-refractivity contribution is 0.540. The Balaban J connectivity index is 2.86. The highest BCUT2D eigenvalue weighted by Gasteiger charge is 2.00. The first-order valence-electron chi connectivity index (χ1n) is 3.03. The van der Waals surface area contributed by atoms with Crippen LogP contribution < -0.4 is 0 Å². The minimum Gasteiger partial charge on any atom is -0.276 e. The van der Waals surface area contributed by atoms with Gasteiger partial charge in [-0.3, -0.25) is 4.79 Å². The van der Waals surface area contributed by atoms with Gasteiger partial charge in [0.2, 0.25) is 12.1 Å². The Bertz CT molecular complexity index is 394. The van der Waals surface area contributed by atoms with Crippen LogP contribution in [0, 0.1) is 0 Å². The predicted molar refractivity (Wildman–Crippen MR) is 37.5 cm³/mol. The summed E-state index contributed by atoms with van der Waals surface area (Å²) < 4.78 is 1.14. The van der Waals surface area contributed by atoms with Crippen LogP contribution in [0.1, 0.15) is 0 Å². The molecule has 5 heteroatoms. The molecule has 0 fully saturated rings. The molecule has 2 rings (SSSR count). The number of hydrogen-bond acceptors (Lipinski definition) is 4. The maximum absolute atomic E-state index is 10.3. The number of carbonyl (C=O) groups is 1. The standard InChI is InChI=1S/C6H4N4O/c11-4-10-5-2-1-3-7-6(5)8-9-10/h1-4H. The Labute approximate surface area is 61.7 Å². The fraction of sp³-hybridized carbons (Fsp3) is 0. The molecule has 2 aromatic heterocycles. The fourth-order valence-corrected chi connectivity index (χ4v) is 0.861. The lowest BCUT2D eigenvalue weighted by atomic mass is 10.4. The number of hydrogen-bond donors (Lipinski definition) is 0. The van der Waals surface area contributed by atoms with Crippen molar-refractivity contribution in [2.75, 3.05) is 0 Å². The number of carbonyl (C=O) groups excluding carboxylic acids is 1. The highest BCUT2D eigenvalue weighted by molar-refractivity contribution is 5.76. The van der Waals surface area contributed by atoms with Gasteiger partial charge in [-0.1, -0.05) is 5.21 Å². The predicted octanol–water partition coefficient (Wildman–Crippen LogP) is -0.135. The van der Waals surface area contributed by atoms with E-state index in [1.807, 2.05) is 0 Å². The van der Waals surface area contributed by atoms with Crippen LogP contribution in [-0.4, -0.2) is 26.4 Å². The van der Waals surface area contributed by atoms with E-state index in [0.717, 1.165) is 4.68 Å². The summed E-state index contributed by atoms with van der Waals surface area (Å²) in [4.78, 5) is 14.2. The van der Waals surface area contributed by atoms with Crippen LogP contribution >= 0.6 is 0 Å². The molecule has 0 aromatic carbocycles. The second kappa shape index (κ2) is 2.12. The summed E-state index contributed by atoms with van der Waals surface area (Å²) >= 11 is 0. The monoisotopic (exact) mass is 148 g/mol. The Kier molecular flexibility index (Phi) is 1.15. The van der Waals surface area contributed by atoms with E-state index in [1.54, 1.807) is 18.3 Å². The second-order valence-electron chi connectivity index (χ2n) is 1.99. The Morgan fingerprint density at radius 2 is 2.45 bits per heavy atom. The summed E-state index contributed by atoms with van der Waals surface area (Å²) in [6.07, 6.45) is 2.20. The molecule has 11 heavy (non-hydrogen) atoms. The second-order valence-corrected chi connectivity index (χ2v) is 1.99. The van der Waals surface area contributed by atoms with E-state index in [0.29, 0.717) is 17.6 Å². The summed E-state index contributed by atoms with van der Waals surface area (Å²) in [6, 6.07) is 3.46. The molecule has 0 aliphatic carbocycles. The van der Waals surface area contributed by atoms with Gasteiger partial charge >= 0.3 is 0 Å². The van der Waals surface area contributed by atoms with Crippen molar-refractivity contribution < 1.29 is 4.79 Å². The van der Waals surface area contributed by atoms with Gasteiger partial charge in [0.25, 0.3) is 0 Å². The van der Waals surface area contributed by atoms with Crippen molar-refractivity contribution in [3.05, 3.63) is 18.3 Å². The Morgan fingerprint density at radius 1 is 1.55 bits per heavy atom. The van der Waals surface area contributed by atoms with Crippen molar-refractivity contribution in [1.82, 2.24) is 20.0 Å². The quantitative estimate of drug-likeness (QED) is 0.528. The third-order valence-electron chi connectivity index (χ3n) is 1.35. The third kappa shape index (κ3) is 0.778. The van der Waals surface area contributed by atoms with Crippen LogP contribution in [0.5, 0.6) is 0 Å². The molecule has 0 N–H and O–H groups in total. The van der Waals surface area contributed by atoms with Crippen molar-refractivity contribution in [3.8, 4) is 0 Å². The molecule has 0 radical (unpaired) electrons. The van der Waals surface area contributed by atoms with E-state index in [4.69, 9.17) is 0 Å². The average molecular weight is 148 g/mol. The van der Waals surface area contributed by atoms with E-state index in [2.05, 4.69) is 15.3 Å². The molecular weight excluding hydrogens is 144 g/mol. The molecule has 0 saturated heterocycles. The topological polar surface area (TPSA) is 60.7 Å². The zero-order valence-corrected chi connectivity index (χ0v) is 5.51. The zero-order chi connectivity index (χ0) is 7.68. The number of aromatic nitrogens is 4. The minimum atomic E-state index is 0.486. The minimum absolute atomic E-state index is 0.486. The Morgan fingerprint density at radius 3 is 3.27 bits per heavy atom. The van der Waals surface area contributed by atoms with Crippen molar-refractivity contribution in [1.29, 1.82) is 0 Å². The maximum atomic E-state index is 10.3. The van der Waals surface area contributed by atoms with Crippen LogP contribution in [-0.2, 0) is 4.79 Å². The van der Waals surface area contributed by atoms with Gasteiger partial charge in [-0.2, -0.15) is 4.68 Å². The lowest BCUT2D eigenvalue weighted by Crippen LogP contribution is -1.95. The molecular formula is C6H4N4O. The summed E-state index contributed by atoms with van der Waals surface area (Å²) in [5.41, 5.74) is 1.11. The molecule has 2 heterocycles. The van der Waals surface area contributed by atoms with Crippen molar-refractivity contribution in [3.63, 3.8) is 0 Å². The summed E-state index contributed by atoms with van der Waals surface area (Å²) in [6.45, 7) is 0. The largest absolute Gasteiger partial charge is 0.276 e. The van der Waals surface area contributed by atoms with Crippen LogP contribution in [0.25, 0.3) is 11.2 Å². The molecule has 0 bridgehead atoms. The first-order valence-corrected chi connectivity index (χ1v) is 3.03. The number of pyridine rings is 1. The number of fused-ring (bicyclic) bond motifs is 1. The van der Waals surface area contributed by atoms with Gasteiger partial charge in [-0.25, -0.2) is 4.98 Å². The highest BCUT2D eigenvalue weighted by atomic mass is 16.1. The molecule has 0 unspecified atom stereocenters. The van der Waals surface area contributed by atoms with E-state index in [1.165, 1.54) is 0 Å². The van der Waals surface area contributed by atoms with E-state index in [9.17, 15) is 4.79 Å². The van der Waals surface area contributed by atoms with E-state index >= 15 is 0 Å². The molecule has 0 spiro atoms. The van der Waals surface area contributed by atoms with Crippen LogP contribution in [0.3, 0.4) is 0 Å². The molecule has 0 aliphatic heterocycles. The third-order valence-corrected chi connectivity index (χ3v) is 1.35. The van der Waals surface area contributed by atoms with Crippen molar-refractivity contribution >= 4 is 17.6 Å². The molecule has 54 valence electrons. The van der Waals surface area contributed by atoms with Gasteiger partial charge in [0.15, 0.2) is 0 Å². The van der Waals surface area contributed by atoms with Gasteiger partial charge in [0, 0.05) is 6.20 Å².